The number of hydrogen-bond acceptors (Lipinski definition) is 2. The first kappa shape index (κ1) is 14.7. The van der Waals surface area contributed by atoms with E-state index in [9.17, 15) is 26.7 Å². The first-order chi connectivity index (χ1) is 9.16. The Kier molecular flexibility index (Phi) is 3.47. The van der Waals surface area contributed by atoms with Gasteiger partial charge in [0.25, 0.3) is 0 Å². The fourth-order valence-electron chi connectivity index (χ4n) is 1.99. The van der Waals surface area contributed by atoms with Crippen LogP contribution < -0.4 is 0 Å². The largest absolute Gasteiger partial charge is 0.459 e. The third-order valence-corrected chi connectivity index (χ3v) is 3.14. The molecule has 0 radical (unpaired) electrons. The molecule has 1 aliphatic rings. The molecule has 20 heavy (non-hydrogen) atoms. The predicted molar refractivity (Wildman–Crippen MR) is 57.9 cm³/mol. The standard InChI is InChI=1S/C11H12F5N3O/c1-2-9(20)19-4-3-18-5-7(17-8(18)6-19)10(12,13)11(14,15)16/h5H,2-4,6H2,1H3. The molecule has 9 heteroatoms. The van der Waals surface area contributed by atoms with Gasteiger partial charge in [-0.05, 0) is 0 Å². The highest BCUT2D eigenvalue weighted by Crippen LogP contribution is 2.43. The highest BCUT2D eigenvalue weighted by Gasteiger charge is 2.60. The van der Waals surface area contributed by atoms with Crippen molar-refractivity contribution in [2.45, 2.75) is 38.5 Å². The van der Waals surface area contributed by atoms with Crippen LogP contribution in [-0.2, 0) is 23.8 Å². The van der Waals surface area contributed by atoms with Gasteiger partial charge in [0.15, 0.2) is 0 Å². The first-order valence-electron chi connectivity index (χ1n) is 5.95. The molecule has 0 N–H and O–H groups in total. The summed E-state index contributed by atoms with van der Waals surface area (Å²) in [4.78, 5) is 16.2. The second-order valence-corrected chi connectivity index (χ2v) is 4.48. The molecule has 0 atom stereocenters. The Hall–Kier alpha value is -1.67. The molecule has 2 heterocycles. The van der Waals surface area contributed by atoms with Crippen LogP contribution in [0.15, 0.2) is 6.20 Å². The molecule has 1 aromatic rings. The van der Waals surface area contributed by atoms with Gasteiger partial charge in [-0.15, -0.1) is 0 Å². The quantitative estimate of drug-likeness (QED) is 0.786. The maximum absolute atomic E-state index is 13.2. The minimum Gasteiger partial charge on any atom is -0.333 e. The summed E-state index contributed by atoms with van der Waals surface area (Å²) in [5, 5.41) is 0. The van der Waals surface area contributed by atoms with E-state index in [-0.39, 0.29) is 37.8 Å². The number of amides is 1. The van der Waals surface area contributed by atoms with Gasteiger partial charge in [0.2, 0.25) is 5.91 Å². The molecule has 1 aromatic heterocycles. The molecule has 2 rings (SSSR count). The third kappa shape index (κ3) is 2.36. The van der Waals surface area contributed by atoms with Crippen molar-refractivity contribution in [3.8, 4) is 0 Å². The van der Waals surface area contributed by atoms with Crippen LogP contribution in [0, 0.1) is 0 Å². The van der Waals surface area contributed by atoms with Crippen LogP contribution >= 0.6 is 0 Å². The van der Waals surface area contributed by atoms with Crippen LogP contribution in [0.3, 0.4) is 0 Å². The van der Waals surface area contributed by atoms with Crippen molar-refractivity contribution in [2.75, 3.05) is 6.54 Å². The molecule has 1 aliphatic heterocycles. The SMILES string of the molecule is CCC(=O)N1CCn2cc(C(F)(F)C(F)(F)F)nc2C1. The highest BCUT2D eigenvalue weighted by molar-refractivity contribution is 5.75. The number of aromatic nitrogens is 2. The van der Waals surface area contributed by atoms with E-state index in [1.165, 1.54) is 9.47 Å². The number of halogens is 5. The zero-order valence-corrected chi connectivity index (χ0v) is 10.5. The molecule has 0 saturated carbocycles. The molecule has 4 nitrogen and oxygen atoms in total. The van der Waals surface area contributed by atoms with Crippen LogP contribution in [0.2, 0.25) is 0 Å². The lowest BCUT2D eigenvalue weighted by Gasteiger charge is -2.27. The molecule has 1 amide bonds. The summed E-state index contributed by atoms with van der Waals surface area (Å²) in [6, 6.07) is 0. The second-order valence-electron chi connectivity index (χ2n) is 4.48. The lowest BCUT2D eigenvalue weighted by molar-refractivity contribution is -0.290. The van der Waals surface area contributed by atoms with E-state index in [0.29, 0.717) is 6.20 Å². The Morgan fingerprint density at radius 3 is 2.50 bits per heavy atom. The Bertz CT molecular complexity index is 523. The zero-order valence-electron chi connectivity index (χ0n) is 10.5. The van der Waals surface area contributed by atoms with E-state index in [0.717, 1.165) is 0 Å². The van der Waals surface area contributed by atoms with Gasteiger partial charge in [-0.3, -0.25) is 4.79 Å². The van der Waals surface area contributed by atoms with E-state index < -0.39 is 17.8 Å². The van der Waals surface area contributed by atoms with Crippen LogP contribution in [0.1, 0.15) is 24.9 Å². The van der Waals surface area contributed by atoms with Crippen molar-refractivity contribution in [2.24, 2.45) is 0 Å². The van der Waals surface area contributed by atoms with E-state index in [4.69, 9.17) is 0 Å². The number of carbonyl (C=O) groups excluding carboxylic acids is 1. The van der Waals surface area contributed by atoms with E-state index in [1.807, 2.05) is 0 Å². The van der Waals surface area contributed by atoms with Crippen LogP contribution in [-0.4, -0.2) is 33.1 Å². The number of rotatable bonds is 2. The molecular formula is C11H12F5N3O. The molecule has 0 spiro atoms. The average Bonchev–Trinajstić information content (AvgIpc) is 2.79. The van der Waals surface area contributed by atoms with Gasteiger partial charge >= 0.3 is 12.1 Å². The van der Waals surface area contributed by atoms with Crippen LogP contribution in [0.25, 0.3) is 0 Å². The molecule has 0 bridgehead atoms. The van der Waals surface area contributed by atoms with E-state index >= 15 is 0 Å². The number of imidazole rings is 1. The Morgan fingerprint density at radius 2 is 1.95 bits per heavy atom. The maximum atomic E-state index is 13.2. The molecular weight excluding hydrogens is 285 g/mol. The van der Waals surface area contributed by atoms with Gasteiger partial charge in [0, 0.05) is 25.7 Å². The topological polar surface area (TPSA) is 38.1 Å². The fraction of sp³-hybridized carbons (Fsp3) is 0.636. The summed E-state index contributed by atoms with van der Waals surface area (Å²) in [6.45, 7) is 2.02. The highest BCUT2D eigenvalue weighted by atomic mass is 19.4. The zero-order chi connectivity index (χ0) is 15.1. The van der Waals surface area contributed by atoms with Gasteiger partial charge in [-0.1, -0.05) is 6.92 Å². The predicted octanol–water partition coefficient (Wildman–Crippen LogP) is 2.29. The summed E-state index contributed by atoms with van der Waals surface area (Å²) < 4.78 is 64.4. The van der Waals surface area contributed by atoms with Crippen molar-refractivity contribution in [3.05, 3.63) is 17.7 Å². The average molecular weight is 297 g/mol. The summed E-state index contributed by atoms with van der Waals surface area (Å²) in [6.07, 6.45) is -4.74. The first-order valence-corrected chi connectivity index (χ1v) is 5.95. The number of nitrogens with zero attached hydrogens (tertiary/aromatic N) is 3. The minimum absolute atomic E-state index is 0.0389. The monoisotopic (exact) mass is 297 g/mol. The number of carbonyl (C=O) groups is 1. The fourth-order valence-corrected chi connectivity index (χ4v) is 1.99. The van der Waals surface area contributed by atoms with Crippen molar-refractivity contribution < 1.29 is 26.7 Å². The van der Waals surface area contributed by atoms with Gasteiger partial charge in [0.05, 0.1) is 6.54 Å². The molecule has 112 valence electrons. The molecule has 0 unspecified atom stereocenters. The van der Waals surface area contributed by atoms with Gasteiger partial charge in [-0.25, -0.2) is 4.98 Å². The minimum atomic E-state index is -5.68. The number of alkyl halides is 5. The van der Waals surface area contributed by atoms with E-state index in [1.54, 1.807) is 6.92 Å². The van der Waals surface area contributed by atoms with Crippen molar-refractivity contribution in [1.82, 2.24) is 14.5 Å². The van der Waals surface area contributed by atoms with Crippen LogP contribution in [0.4, 0.5) is 22.0 Å². The second kappa shape index (κ2) is 4.71. The van der Waals surface area contributed by atoms with Gasteiger partial charge < -0.3 is 9.47 Å². The summed E-state index contributed by atoms with van der Waals surface area (Å²) in [7, 11) is 0. The van der Waals surface area contributed by atoms with Gasteiger partial charge in [0.1, 0.15) is 11.5 Å². The molecule has 0 aliphatic carbocycles. The maximum Gasteiger partial charge on any atom is 0.459 e. The van der Waals surface area contributed by atoms with Crippen molar-refractivity contribution in [3.63, 3.8) is 0 Å². The number of hydrogen-bond donors (Lipinski definition) is 0. The molecule has 0 aromatic carbocycles. The smallest absolute Gasteiger partial charge is 0.333 e. The summed E-state index contributed by atoms with van der Waals surface area (Å²) >= 11 is 0. The normalized spacial score (nSPS) is 16.2. The summed E-state index contributed by atoms with van der Waals surface area (Å²) in [5.41, 5.74) is -1.33. The van der Waals surface area contributed by atoms with Gasteiger partial charge in [-0.2, -0.15) is 22.0 Å². The lowest BCUT2D eigenvalue weighted by Crippen LogP contribution is -2.37. The summed E-state index contributed by atoms with van der Waals surface area (Å²) in [5.74, 6) is -5.14. The molecule has 0 saturated heterocycles. The Labute approximate surface area is 111 Å². The van der Waals surface area contributed by atoms with E-state index in [2.05, 4.69) is 4.98 Å². The third-order valence-electron chi connectivity index (χ3n) is 3.14. The molecule has 0 fully saturated rings. The Balaban J connectivity index is 2.28. The number of fused-ring (bicyclic) bond motifs is 1. The van der Waals surface area contributed by atoms with Crippen molar-refractivity contribution >= 4 is 5.91 Å². The van der Waals surface area contributed by atoms with Crippen LogP contribution in [0.5, 0.6) is 0 Å². The Morgan fingerprint density at radius 1 is 1.30 bits per heavy atom. The van der Waals surface area contributed by atoms with Crippen molar-refractivity contribution in [1.29, 1.82) is 0 Å². The lowest BCUT2D eigenvalue weighted by atomic mass is 10.2.